The molecule has 13 atom stereocenters. The quantitative estimate of drug-likeness (QED) is 0.0308. The first-order valence-electron chi connectivity index (χ1n) is 35.1. The zero-order valence-corrected chi connectivity index (χ0v) is 61.2. The Balaban J connectivity index is 0.000000530. The zero-order chi connectivity index (χ0) is 73.0. The number of methoxy groups -OCH3 is 2. The van der Waals surface area contributed by atoms with Crippen molar-refractivity contribution in [3.05, 3.63) is 71.3 Å². The standard InChI is InChI=1S/C43H72N4O9.C31H46N4O6/c1-14-28(7)38(45(10)42(52)32(26(3)4)24-34(48)37(27(5)6)46(11)43(53)56-15-2)35(54-12)25-36(49)47-23-19-22-33(47)40(55-13)29(8)41(51)44-30(9)39(50)31-20-17-16-18-21-31;1-20(2)25(19-24(36)9-6-5-7-16-35-28(38)17-22(4)30(35)40)29(39)34-26(10-8-15-33-31(32)41)27(37)18-23-13-11-21(3)12-14-23/h16-18,20-21,26-30,32-33,35,37-40,50H,14-15,19,22-25H2,1-13H3,(H,44,51);11-14,20,22,25-26H,5-10,15-19H2,1-4H3,(H,34,39)(H3,32,33,41)/t28-,29+,30+,32-,33-,35+,37-,38-,39+,40+;22?,25-,26-/m00/s1. The van der Waals surface area contributed by atoms with E-state index in [1.807, 2.05) is 117 Å². The number of aliphatic hydroxyl groups is 1. The number of unbranched alkanes of at least 4 members (excludes halogenated alkanes) is 2. The van der Waals surface area contributed by atoms with Crippen LogP contribution < -0.4 is 21.7 Å². The van der Waals surface area contributed by atoms with Gasteiger partial charge in [-0.1, -0.05) is 142 Å². The van der Waals surface area contributed by atoms with Gasteiger partial charge in [-0.2, -0.15) is 0 Å². The number of carbonyl (C=O) groups is 11. The van der Waals surface area contributed by atoms with Crippen LogP contribution in [0.1, 0.15) is 189 Å². The van der Waals surface area contributed by atoms with Crippen molar-refractivity contribution >= 4 is 64.9 Å². The second kappa shape index (κ2) is 42.0. The zero-order valence-electron chi connectivity index (χ0n) is 61.2. The average molecular weight is 1360 g/mol. The van der Waals surface area contributed by atoms with Crippen molar-refractivity contribution in [2.75, 3.05) is 54.6 Å². The van der Waals surface area contributed by atoms with E-state index in [1.165, 1.54) is 9.80 Å². The summed E-state index contributed by atoms with van der Waals surface area (Å²) in [7, 11) is 6.36. The number of nitrogens with zero attached hydrogens (tertiary/aromatic N) is 4. The molecule has 0 saturated carbocycles. The number of likely N-dealkylation sites (N-methyl/N-ethyl adjacent to an activating group) is 2. The van der Waals surface area contributed by atoms with Crippen LogP contribution in [0.4, 0.5) is 9.59 Å². The minimum absolute atomic E-state index is 0.00196. The number of likely N-dealkylation sites (tertiary alicyclic amines) is 2. The smallest absolute Gasteiger partial charge is 0.410 e. The third-order valence-electron chi connectivity index (χ3n) is 19.3. The number of amides is 9. The van der Waals surface area contributed by atoms with Gasteiger partial charge in [0.25, 0.3) is 0 Å². The van der Waals surface area contributed by atoms with Crippen molar-refractivity contribution in [1.82, 2.24) is 35.6 Å². The fourth-order valence-electron chi connectivity index (χ4n) is 13.2. The van der Waals surface area contributed by atoms with Crippen LogP contribution in [0.2, 0.25) is 0 Å². The Kier molecular flexibility index (Phi) is 36.4. The summed E-state index contributed by atoms with van der Waals surface area (Å²) < 4.78 is 17.1. The Morgan fingerprint density at radius 2 is 1.38 bits per heavy atom. The first kappa shape index (κ1) is 84.1. The summed E-state index contributed by atoms with van der Waals surface area (Å²) in [5, 5.41) is 19.2. The number of hydrogen-bond donors (Lipinski definition) is 5. The van der Waals surface area contributed by atoms with Crippen molar-refractivity contribution < 1.29 is 72.1 Å². The SMILES string of the molecule is CCOC(=O)N(C)[C@H](C(=O)C[C@H](C(=O)N(C)[C@@H]([C@@H](C)CC)[C@@H](CC(=O)N1CCC[C@H]1[C@H](OC)[C@@H](C)C(=O)N[C@H](C)[C@@H](O)c1ccccc1)OC)C(C)C)C(C)C.Cc1ccc(CC(=O)[C@H](CCCNC(N)=O)NC(=O)[C@@H](CC(=O)CCCCCN2C(=O)CC(C)C2=O)C(C)C)cc1. The van der Waals surface area contributed by atoms with Gasteiger partial charge >= 0.3 is 12.1 Å². The van der Waals surface area contributed by atoms with Crippen LogP contribution in [0, 0.1) is 54.3 Å². The Labute approximate surface area is 577 Å². The molecule has 6 N–H and O–H groups in total. The van der Waals surface area contributed by atoms with Crippen LogP contribution >= 0.6 is 0 Å². The molecule has 4 rings (SSSR count). The summed E-state index contributed by atoms with van der Waals surface area (Å²) >= 11 is 0. The number of ether oxygens (including phenoxy) is 3. The van der Waals surface area contributed by atoms with Crippen LogP contribution in [0.15, 0.2) is 54.6 Å². The van der Waals surface area contributed by atoms with Gasteiger partial charge in [-0.05, 0) is 94.1 Å². The number of carbonyl (C=O) groups excluding carboxylic acids is 11. The van der Waals surface area contributed by atoms with E-state index in [1.54, 1.807) is 65.8 Å². The second-order valence-corrected chi connectivity index (χ2v) is 27.8. The van der Waals surface area contributed by atoms with Gasteiger partial charge in [-0.3, -0.25) is 48.1 Å². The third kappa shape index (κ3) is 25.9. The number of urea groups is 1. The van der Waals surface area contributed by atoms with E-state index in [0.29, 0.717) is 70.0 Å². The first-order valence-corrected chi connectivity index (χ1v) is 35.1. The number of imide groups is 1. The molecule has 1 unspecified atom stereocenters. The molecule has 0 radical (unpaired) electrons. The number of primary amides is 1. The number of aryl methyl sites for hydroxylation is 1. The Morgan fingerprint density at radius 3 is 1.93 bits per heavy atom. The van der Waals surface area contributed by atoms with Gasteiger partial charge < -0.3 is 55.7 Å². The number of rotatable bonds is 40. The highest BCUT2D eigenvalue weighted by Gasteiger charge is 2.44. The van der Waals surface area contributed by atoms with E-state index >= 15 is 0 Å². The molecule has 2 aliphatic rings. The summed E-state index contributed by atoms with van der Waals surface area (Å²) in [6.07, 6.45) is 2.86. The maximum atomic E-state index is 14.4. The van der Waals surface area contributed by atoms with Gasteiger partial charge in [0.1, 0.15) is 5.78 Å². The molecular formula is C74H118N8O15. The molecule has 544 valence electrons. The summed E-state index contributed by atoms with van der Waals surface area (Å²) in [5.41, 5.74) is 7.76. The normalized spacial score (nSPS) is 18.1. The van der Waals surface area contributed by atoms with Crippen LogP contribution in [0.5, 0.6) is 0 Å². The van der Waals surface area contributed by atoms with E-state index in [0.717, 1.165) is 17.5 Å². The van der Waals surface area contributed by atoms with E-state index < -0.39 is 72.4 Å². The highest BCUT2D eigenvalue weighted by Crippen LogP contribution is 2.32. The van der Waals surface area contributed by atoms with Gasteiger partial charge in [0.15, 0.2) is 11.6 Å². The fourth-order valence-corrected chi connectivity index (χ4v) is 13.2. The molecule has 2 aromatic rings. The van der Waals surface area contributed by atoms with Crippen LogP contribution in [-0.2, 0) is 63.8 Å². The lowest BCUT2D eigenvalue weighted by Crippen LogP contribution is -2.55. The molecule has 2 aromatic carbocycles. The molecular weight excluding hydrogens is 1240 g/mol. The molecule has 2 saturated heterocycles. The number of hydrogen-bond acceptors (Lipinski definition) is 15. The lowest BCUT2D eigenvalue weighted by atomic mass is 9.83. The molecule has 0 aliphatic carbocycles. The lowest BCUT2D eigenvalue weighted by molar-refractivity contribution is -0.149. The van der Waals surface area contributed by atoms with Crippen LogP contribution in [-0.4, -0.2) is 187 Å². The predicted molar refractivity (Wildman–Crippen MR) is 372 cm³/mol. The minimum atomic E-state index is -0.890. The molecule has 97 heavy (non-hydrogen) atoms. The highest BCUT2D eigenvalue weighted by atomic mass is 16.6. The molecule has 0 bridgehead atoms. The predicted octanol–water partition coefficient (Wildman–Crippen LogP) is 8.72. The maximum Gasteiger partial charge on any atom is 0.410 e. The fraction of sp³-hybridized carbons (Fsp3) is 0.689. The topological polar surface area (TPSA) is 311 Å². The number of Topliss-reactive ketones (excluding diaryl/α,β-unsaturated/α-hetero) is 3. The summed E-state index contributed by atoms with van der Waals surface area (Å²) in [6.45, 7) is 25.6. The lowest BCUT2D eigenvalue weighted by Gasteiger charge is -2.41. The van der Waals surface area contributed by atoms with E-state index in [-0.39, 0.29) is 134 Å². The maximum absolute atomic E-state index is 14.4. The van der Waals surface area contributed by atoms with Crippen molar-refractivity contribution in [3.63, 3.8) is 0 Å². The summed E-state index contributed by atoms with van der Waals surface area (Å²) in [4.78, 5) is 149. The largest absolute Gasteiger partial charge is 0.450 e. The second-order valence-electron chi connectivity index (χ2n) is 27.8. The van der Waals surface area contributed by atoms with Gasteiger partial charge in [0.2, 0.25) is 35.4 Å². The Morgan fingerprint density at radius 1 is 0.742 bits per heavy atom. The number of nitrogens with one attached hydrogen (secondary N) is 3. The molecule has 0 spiro atoms. The van der Waals surface area contributed by atoms with Crippen molar-refractivity contribution in [3.8, 4) is 0 Å². The summed E-state index contributed by atoms with van der Waals surface area (Å²) in [5.74, 6) is -4.33. The molecule has 2 heterocycles. The molecule has 2 aliphatic heterocycles. The molecule has 23 heteroatoms. The average Bonchev–Trinajstić information content (AvgIpc) is 1.74. The molecule has 0 aromatic heterocycles. The van der Waals surface area contributed by atoms with Crippen molar-refractivity contribution in [2.24, 2.45) is 53.1 Å². The minimum Gasteiger partial charge on any atom is -0.450 e. The van der Waals surface area contributed by atoms with Crippen molar-refractivity contribution in [2.45, 2.75) is 228 Å². The van der Waals surface area contributed by atoms with Crippen LogP contribution in [0.3, 0.4) is 0 Å². The van der Waals surface area contributed by atoms with Crippen LogP contribution in [0.25, 0.3) is 0 Å². The number of ketones is 3. The third-order valence-corrected chi connectivity index (χ3v) is 19.3. The van der Waals surface area contributed by atoms with Gasteiger partial charge in [0.05, 0.1) is 67.5 Å². The van der Waals surface area contributed by atoms with Gasteiger partial charge in [0, 0.05) is 97.8 Å². The summed E-state index contributed by atoms with van der Waals surface area (Å²) in [6, 6.07) is 13.2. The number of benzene rings is 2. The van der Waals surface area contributed by atoms with Gasteiger partial charge in [-0.25, -0.2) is 9.59 Å². The Hall–Kier alpha value is -7.11. The number of aliphatic hydroxyl groups excluding tert-OH is 1. The molecule has 2 fully saturated rings. The molecule has 23 nitrogen and oxygen atoms in total. The monoisotopic (exact) mass is 1360 g/mol. The highest BCUT2D eigenvalue weighted by molar-refractivity contribution is 6.03. The van der Waals surface area contributed by atoms with E-state index in [4.69, 9.17) is 19.9 Å². The molecule has 9 amide bonds. The first-order chi connectivity index (χ1) is 45.8. The van der Waals surface area contributed by atoms with E-state index in [2.05, 4.69) is 16.0 Å². The van der Waals surface area contributed by atoms with Gasteiger partial charge in [-0.15, -0.1) is 0 Å². The van der Waals surface area contributed by atoms with Crippen molar-refractivity contribution in [1.29, 1.82) is 0 Å². The Bertz CT molecular complexity index is 2870. The number of nitrogens with two attached hydrogens (primary N) is 1. The van der Waals surface area contributed by atoms with E-state index in [9.17, 15) is 57.8 Å².